The second-order valence-corrected chi connectivity index (χ2v) is 7.56. The molecule has 2 heterocycles. The molecule has 1 aromatic carbocycles. The first-order valence-electron chi connectivity index (χ1n) is 10.8. The highest BCUT2D eigenvalue weighted by molar-refractivity contribution is 5.79. The molecule has 3 rings (SSSR count). The number of aliphatic imine (C=N–C) groups is 1. The van der Waals surface area contributed by atoms with E-state index in [1.807, 2.05) is 6.20 Å². The van der Waals surface area contributed by atoms with Gasteiger partial charge in [-0.15, -0.1) is 0 Å². The van der Waals surface area contributed by atoms with Gasteiger partial charge in [0.15, 0.2) is 5.96 Å². The van der Waals surface area contributed by atoms with Crippen LogP contribution < -0.4 is 25.0 Å². The Kier molecular flexibility index (Phi) is 8.89. The number of halogens is 2. The summed E-state index contributed by atoms with van der Waals surface area (Å²) in [4.78, 5) is 11.2. The largest absolute Gasteiger partial charge is 0.497 e. The van der Waals surface area contributed by atoms with Crippen molar-refractivity contribution in [2.45, 2.75) is 45.4 Å². The molecule has 1 fully saturated rings. The first-order valence-corrected chi connectivity index (χ1v) is 10.8. The Morgan fingerprint density at radius 1 is 1.09 bits per heavy atom. The summed E-state index contributed by atoms with van der Waals surface area (Å²) in [5.41, 5.74) is 1.56. The van der Waals surface area contributed by atoms with Crippen molar-refractivity contribution in [3.05, 3.63) is 47.7 Å². The second-order valence-electron chi connectivity index (χ2n) is 7.56. The van der Waals surface area contributed by atoms with Crippen molar-refractivity contribution in [3.8, 4) is 11.5 Å². The van der Waals surface area contributed by atoms with E-state index in [0.29, 0.717) is 23.8 Å². The molecule has 0 unspecified atom stereocenters. The van der Waals surface area contributed by atoms with Crippen LogP contribution in [-0.2, 0) is 13.1 Å². The molecule has 1 aromatic heterocycles. The number of aromatic nitrogens is 1. The SMILES string of the molecule is CN=C(NCc1ccc(N2CCCCCC2)nc1)NCc1cc(OC)ccc1OC(F)F. The minimum atomic E-state index is -2.90. The number of benzene rings is 1. The standard InChI is InChI=1S/C23H31F2N5O2/c1-26-23(29-16-18-13-19(31-2)8-9-20(18)32-22(24)25)28-15-17-7-10-21(27-14-17)30-11-5-3-4-6-12-30/h7-10,13-14,22H,3-6,11-12,15-16H2,1-2H3,(H2,26,28,29). The van der Waals surface area contributed by atoms with Crippen LogP contribution in [0.2, 0.25) is 0 Å². The highest BCUT2D eigenvalue weighted by Crippen LogP contribution is 2.25. The van der Waals surface area contributed by atoms with Gasteiger partial charge < -0.3 is 25.0 Å². The van der Waals surface area contributed by atoms with E-state index in [4.69, 9.17) is 4.74 Å². The van der Waals surface area contributed by atoms with Gasteiger partial charge in [0.25, 0.3) is 0 Å². The molecule has 0 atom stereocenters. The summed E-state index contributed by atoms with van der Waals surface area (Å²) in [6.07, 6.45) is 6.87. The summed E-state index contributed by atoms with van der Waals surface area (Å²) in [6, 6.07) is 8.82. The molecule has 174 valence electrons. The Morgan fingerprint density at radius 3 is 2.47 bits per heavy atom. The van der Waals surface area contributed by atoms with Crippen LogP contribution in [0.3, 0.4) is 0 Å². The molecule has 1 saturated heterocycles. The lowest BCUT2D eigenvalue weighted by Crippen LogP contribution is -2.36. The van der Waals surface area contributed by atoms with E-state index in [0.717, 1.165) is 24.5 Å². The lowest BCUT2D eigenvalue weighted by molar-refractivity contribution is -0.0505. The summed E-state index contributed by atoms with van der Waals surface area (Å²) in [7, 11) is 3.17. The zero-order valence-electron chi connectivity index (χ0n) is 18.6. The van der Waals surface area contributed by atoms with Gasteiger partial charge in [0.1, 0.15) is 17.3 Å². The van der Waals surface area contributed by atoms with Gasteiger partial charge in [0.05, 0.1) is 7.11 Å². The number of pyridine rings is 1. The first kappa shape index (κ1) is 23.6. The van der Waals surface area contributed by atoms with Crippen LogP contribution >= 0.6 is 0 Å². The van der Waals surface area contributed by atoms with E-state index in [1.165, 1.54) is 38.9 Å². The molecular weight excluding hydrogens is 416 g/mol. The van der Waals surface area contributed by atoms with E-state index in [9.17, 15) is 8.78 Å². The molecular formula is C23H31F2N5O2. The quantitative estimate of drug-likeness (QED) is 0.472. The van der Waals surface area contributed by atoms with Gasteiger partial charge in [-0.2, -0.15) is 8.78 Å². The number of methoxy groups -OCH3 is 1. The van der Waals surface area contributed by atoms with Crippen LogP contribution in [0.25, 0.3) is 0 Å². The monoisotopic (exact) mass is 447 g/mol. The number of hydrogen-bond acceptors (Lipinski definition) is 5. The third kappa shape index (κ3) is 6.96. The molecule has 0 radical (unpaired) electrons. The van der Waals surface area contributed by atoms with Crippen LogP contribution in [-0.4, -0.2) is 44.8 Å². The summed E-state index contributed by atoms with van der Waals surface area (Å²) in [5.74, 6) is 2.20. The number of rotatable bonds is 8. The van der Waals surface area contributed by atoms with Crippen LogP contribution in [0.4, 0.5) is 14.6 Å². The third-order valence-corrected chi connectivity index (χ3v) is 5.35. The maximum absolute atomic E-state index is 12.7. The molecule has 1 aliphatic heterocycles. The molecule has 7 nitrogen and oxygen atoms in total. The molecule has 0 aliphatic carbocycles. The van der Waals surface area contributed by atoms with Gasteiger partial charge >= 0.3 is 6.61 Å². The average Bonchev–Trinajstić information content (AvgIpc) is 3.10. The number of nitrogens with one attached hydrogen (secondary N) is 2. The second kappa shape index (κ2) is 12.1. The van der Waals surface area contributed by atoms with E-state index in [-0.39, 0.29) is 12.3 Å². The highest BCUT2D eigenvalue weighted by Gasteiger charge is 2.13. The maximum Gasteiger partial charge on any atom is 0.387 e. The van der Waals surface area contributed by atoms with Crippen molar-refractivity contribution in [2.75, 3.05) is 32.1 Å². The highest BCUT2D eigenvalue weighted by atomic mass is 19.3. The molecule has 9 heteroatoms. The maximum atomic E-state index is 12.7. The van der Waals surface area contributed by atoms with E-state index in [2.05, 4.69) is 42.4 Å². The number of hydrogen-bond donors (Lipinski definition) is 2. The fourth-order valence-electron chi connectivity index (χ4n) is 3.63. The zero-order chi connectivity index (χ0) is 22.8. The normalized spacial score (nSPS) is 14.8. The van der Waals surface area contributed by atoms with Gasteiger partial charge in [0, 0.05) is 45.0 Å². The Morgan fingerprint density at radius 2 is 1.84 bits per heavy atom. The molecule has 32 heavy (non-hydrogen) atoms. The van der Waals surface area contributed by atoms with Crippen molar-refractivity contribution >= 4 is 11.8 Å². The van der Waals surface area contributed by atoms with Gasteiger partial charge in [-0.1, -0.05) is 18.9 Å². The van der Waals surface area contributed by atoms with Crippen LogP contribution in [0.1, 0.15) is 36.8 Å². The molecule has 0 saturated carbocycles. The van der Waals surface area contributed by atoms with Crippen molar-refractivity contribution in [1.29, 1.82) is 0 Å². The molecule has 0 amide bonds. The Labute approximate surface area is 187 Å². The number of anilines is 1. The fraction of sp³-hybridized carbons (Fsp3) is 0.478. The molecule has 2 aromatic rings. The predicted molar refractivity (Wildman–Crippen MR) is 122 cm³/mol. The number of ether oxygens (including phenoxy) is 2. The smallest absolute Gasteiger partial charge is 0.387 e. The van der Waals surface area contributed by atoms with E-state index < -0.39 is 6.61 Å². The van der Waals surface area contributed by atoms with E-state index in [1.54, 1.807) is 19.2 Å². The van der Waals surface area contributed by atoms with Gasteiger partial charge in [-0.25, -0.2) is 4.98 Å². The first-order chi connectivity index (χ1) is 15.6. The van der Waals surface area contributed by atoms with Gasteiger partial charge in [-0.05, 0) is 42.7 Å². The molecule has 1 aliphatic rings. The average molecular weight is 448 g/mol. The number of nitrogens with zero attached hydrogens (tertiary/aromatic N) is 3. The Balaban J connectivity index is 1.55. The molecule has 0 spiro atoms. The molecule has 2 N–H and O–H groups in total. The summed E-state index contributed by atoms with van der Waals surface area (Å²) in [5, 5.41) is 6.34. The van der Waals surface area contributed by atoms with Crippen LogP contribution in [0.15, 0.2) is 41.5 Å². The zero-order valence-corrected chi connectivity index (χ0v) is 18.6. The number of alkyl halides is 2. The summed E-state index contributed by atoms with van der Waals surface area (Å²) >= 11 is 0. The van der Waals surface area contributed by atoms with E-state index >= 15 is 0 Å². The predicted octanol–water partition coefficient (Wildman–Crippen LogP) is 3.94. The number of guanidine groups is 1. The van der Waals surface area contributed by atoms with Crippen LogP contribution in [0, 0.1) is 0 Å². The van der Waals surface area contributed by atoms with Crippen LogP contribution in [0.5, 0.6) is 11.5 Å². The summed E-state index contributed by atoms with van der Waals surface area (Å²) in [6.45, 7) is -0.00795. The van der Waals surface area contributed by atoms with Crippen molar-refractivity contribution in [1.82, 2.24) is 15.6 Å². The summed E-state index contributed by atoms with van der Waals surface area (Å²) < 4.78 is 35.2. The van der Waals surface area contributed by atoms with Crippen molar-refractivity contribution in [2.24, 2.45) is 4.99 Å². The lowest BCUT2D eigenvalue weighted by atomic mass is 10.2. The van der Waals surface area contributed by atoms with Gasteiger partial charge in [0.2, 0.25) is 0 Å². The topological polar surface area (TPSA) is 71.0 Å². The minimum absolute atomic E-state index is 0.0945. The Bertz CT molecular complexity index is 869. The van der Waals surface area contributed by atoms with Crippen molar-refractivity contribution < 1.29 is 18.3 Å². The van der Waals surface area contributed by atoms with Gasteiger partial charge in [-0.3, -0.25) is 4.99 Å². The lowest BCUT2D eigenvalue weighted by Gasteiger charge is -2.21. The van der Waals surface area contributed by atoms with Crippen molar-refractivity contribution in [3.63, 3.8) is 0 Å². The Hall–Kier alpha value is -3.10. The fourth-order valence-corrected chi connectivity index (χ4v) is 3.63. The molecule has 0 bridgehead atoms. The third-order valence-electron chi connectivity index (χ3n) is 5.35. The minimum Gasteiger partial charge on any atom is -0.497 e.